The topological polar surface area (TPSA) is 43.6 Å². The summed E-state index contributed by atoms with van der Waals surface area (Å²) in [7, 11) is 0. The molecule has 0 aliphatic carbocycles. The van der Waals surface area contributed by atoms with Crippen LogP contribution in [0.1, 0.15) is 31.9 Å². The fourth-order valence-electron chi connectivity index (χ4n) is 2.33. The average molecular weight is 327 g/mol. The lowest BCUT2D eigenvalue weighted by molar-refractivity contribution is 0.570. The Balaban J connectivity index is 1.77. The van der Waals surface area contributed by atoms with E-state index in [0.29, 0.717) is 17.4 Å². The Morgan fingerprint density at radius 3 is 2.43 bits per heavy atom. The SMILES string of the molecule is CC(C)(C)c1ccc(Cn2nnc(-c3cccc(Cl)c3)n2)cc1. The van der Waals surface area contributed by atoms with Crippen LogP contribution < -0.4 is 0 Å². The number of hydrogen-bond donors (Lipinski definition) is 0. The normalized spacial score (nSPS) is 11.7. The van der Waals surface area contributed by atoms with Crippen molar-refractivity contribution in [3.8, 4) is 11.4 Å². The van der Waals surface area contributed by atoms with Gasteiger partial charge >= 0.3 is 0 Å². The molecule has 118 valence electrons. The Kier molecular flexibility index (Phi) is 4.18. The maximum Gasteiger partial charge on any atom is 0.204 e. The van der Waals surface area contributed by atoms with Gasteiger partial charge in [-0.15, -0.1) is 10.2 Å². The molecule has 0 N–H and O–H groups in total. The van der Waals surface area contributed by atoms with Gasteiger partial charge in [0.15, 0.2) is 0 Å². The molecule has 2 aromatic carbocycles. The van der Waals surface area contributed by atoms with E-state index in [1.54, 1.807) is 4.80 Å². The van der Waals surface area contributed by atoms with Crippen molar-refractivity contribution in [3.05, 3.63) is 64.7 Å². The molecule has 1 aromatic heterocycles. The minimum atomic E-state index is 0.157. The predicted molar refractivity (Wildman–Crippen MR) is 92.5 cm³/mol. The fraction of sp³-hybridized carbons (Fsp3) is 0.278. The number of rotatable bonds is 3. The molecular formula is C18H19ClN4. The summed E-state index contributed by atoms with van der Waals surface area (Å²) in [5, 5.41) is 13.3. The van der Waals surface area contributed by atoms with Crippen molar-refractivity contribution >= 4 is 11.6 Å². The van der Waals surface area contributed by atoms with Crippen LogP contribution in [0, 0.1) is 0 Å². The second kappa shape index (κ2) is 6.13. The molecule has 3 rings (SSSR count). The van der Waals surface area contributed by atoms with Gasteiger partial charge in [0.05, 0.1) is 6.54 Å². The Morgan fingerprint density at radius 2 is 1.78 bits per heavy atom. The largest absolute Gasteiger partial charge is 0.204 e. The summed E-state index contributed by atoms with van der Waals surface area (Å²) in [5.74, 6) is 0.582. The highest BCUT2D eigenvalue weighted by Gasteiger charge is 2.13. The maximum absolute atomic E-state index is 6.00. The van der Waals surface area contributed by atoms with E-state index < -0.39 is 0 Å². The summed E-state index contributed by atoms with van der Waals surface area (Å²) in [6, 6.07) is 16.0. The van der Waals surface area contributed by atoms with Gasteiger partial charge in [-0.25, -0.2) is 0 Å². The Labute approximate surface area is 141 Å². The van der Waals surface area contributed by atoms with Gasteiger partial charge in [0.25, 0.3) is 0 Å². The number of nitrogens with zero attached hydrogens (tertiary/aromatic N) is 4. The smallest absolute Gasteiger partial charge is 0.159 e. The molecule has 1 heterocycles. The van der Waals surface area contributed by atoms with Gasteiger partial charge in [0.1, 0.15) is 0 Å². The third-order valence-corrected chi connectivity index (χ3v) is 3.91. The molecule has 0 atom stereocenters. The first kappa shape index (κ1) is 15.7. The van der Waals surface area contributed by atoms with Gasteiger partial charge < -0.3 is 0 Å². The van der Waals surface area contributed by atoms with E-state index in [4.69, 9.17) is 11.6 Å². The second-order valence-corrected chi connectivity index (χ2v) is 7.04. The van der Waals surface area contributed by atoms with E-state index >= 15 is 0 Å². The Bertz CT molecular complexity index is 800. The van der Waals surface area contributed by atoms with Crippen LogP contribution in [0.15, 0.2) is 48.5 Å². The van der Waals surface area contributed by atoms with Crippen molar-refractivity contribution in [3.63, 3.8) is 0 Å². The number of tetrazole rings is 1. The molecule has 0 aliphatic rings. The van der Waals surface area contributed by atoms with Crippen molar-refractivity contribution in [2.24, 2.45) is 0 Å². The summed E-state index contributed by atoms with van der Waals surface area (Å²) < 4.78 is 0. The zero-order chi connectivity index (χ0) is 16.4. The van der Waals surface area contributed by atoms with Crippen molar-refractivity contribution in [1.29, 1.82) is 0 Å². The quantitative estimate of drug-likeness (QED) is 0.719. The predicted octanol–water partition coefficient (Wildman–Crippen LogP) is 4.34. The molecule has 23 heavy (non-hydrogen) atoms. The summed E-state index contributed by atoms with van der Waals surface area (Å²) >= 11 is 6.00. The van der Waals surface area contributed by atoms with Gasteiger partial charge in [0.2, 0.25) is 5.82 Å². The summed E-state index contributed by atoms with van der Waals surface area (Å²) in [6.45, 7) is 7.22. The Morgan fingerprint density at radius 1 is 1.04 bits per heavy atom. The van der Waals surface area contributed by atoms with Crippen LogP contribution in [0.4, 0.5) is 0 Å². The molecule has 0 bridgehead atoms. The molecule has 0 saturated heterocycles. The zero-order valence-electron chi connectivity index (χ0n) is 13.5. The standard InChI is InChI=1S/C18H19ClN4/c1-18(2,3)15-9-7-13(8-10-15)12-23-21-17(20-22-23)14-5-4-6-16(19)11-14/h4-11H,12H2,1-3H3. The highest BCUT2D eigenvalue weighted by molar-refractivity contribution is 6.30. The maximum atomic E-state index is 6.00. The summed E-state index contributed by atoms with van der Waals surface area (Å²) in [5.41, 5.74) is 3.48. The average Bonchev–Trinajstić information content (AvgIpc) is 2.95. The highest BCUT2D eigenvalue weighted by atomic mass is 35.5. The van der Waals surface area contributed by atoms with Crippen LogP contribution in [0.3, 0.4) is 0 Å². The molecule has 5 heteroatoms. The molecule has 0 aliphatic heterocycles. The van der Waals surface area contributed by atoms with Gasteiger partial charge in [-0.05, 0) is 33.9 Å². The van der Waals surface area contributed by atoms with Gasteiger partial charge in [-0.2, -0.15) is 4.80 Å². The third kappa shape index (κ3) is 3.77. The summed E-state index contributed by atoms with van der Waals surface area (Å²) in [6.07, 6.45) is 0. The van der Waals surface area contributed by atoms with E-state index in [1.165, 1.54) is 5.56 Å². The van der Waals surface area contributed by atoms with Crippen LogP contribution in [0.5, 0.6) is 0 Å². The fourth-order valence-corrected chi connectivity index (χ4v) is 2.52. The van der Waals surface area contributed by atoms with Crippen molar-refractivity contribution in [2.45, 2.75) is 32.7 Å². The van der Waals surface area contributed by atoms with Crippen molar-refractivity contribution in [1.82, 2.24) is 20.2 Å². The van der Waals surface area contributed by atoms with Crippen molar-refractivity contribution < 1.29 is 0 Å². The van der Waals surface area contributed by atoms with Crippen LogP contribution in [0.25, 0.3) is 11.4 Å². The van der Waals surface area contributed by atoms with E-state index in [1.807, 2.05) is 24.3 Å². The first-order valence-electron chi connectivity index (χ1n) is 7.55. The molecule has 4 nitrogen and oxygen atoms in total. The minimum absolute atomic E-state index is 0.157. The van der Waals surface area contributed by atoms with Crippen LogP contribution in [-0.2, 0) is 12.0 Å². The summed E-state index contributed by atoms with van der Waals surface area (Å²) in [4.78, 5) is 1.60. The molecular weight excluding hydrogens is 308 g/mol. The van der Waals surface area contributed by atoms with Crippen LogP contribution in [0.2, 0.25) is 5.02 Å². The third-order valence-electron chi connectivity index (χ3n) is 3.68. The molecule has 3 aromatic rings. The van der Waals surface area contributed by atoms with E-state index in [-0.39, 0.29) is 5.41 Å². The van der Waals surface area contributed by atoms with Crippen LogP contribution in [-0.4, -0.2) is 20.2 Å². The lowest BCUT2D eigenvalue weighted by Crippen LogP contribution is -2.11. The number of hydrogen-bond acceptors (Lipinski definition) is 3. The van der Waals surface area contributed by atoms with E-state index in [0.717, 1.165) is 11.1 Å². The second-order valence-electron chi connectivity index (χ2n) is 6.60. The molecule has 0 radical (unpaired) electrons. The van der Waals surface area contributed by atoms with E-state index in [2.05, 4.69) is 60.4 Å². The monoisotopic (exact) mass is 326 g/mol. The van der Waals surface area contributed by atoms with Gasteiger partial charge in [-0.3, -0.25) is 0 Å². The molecule has 0 fully saturated rings. The molecule has 0 unspecified atom stereocenters. The highest BCUT2D eigenvalue weighted by Crippen LogP contribution is 2.22. The van der Waals surface area contributed by atoms with Gasteiger partial charge in [-0.1, -0.05) is 68.8 Å². The number of aromatic nitrogens is 4. The first-order valence-corrected chi connectivity index (χ1v) is 7.93. The number of benzene rings is 2. The zero-order valence-corrected chi connectivity index (χ0v) is 14.2. The molecule has 0 spiro atoms. The molecule has 0 amide bonds. The van der Waals surface area contributed by atoms with Gasteiger partial charge in [0, 0.05) is 10.6 Å². The Hall–Kier alpha value is -2.20. The lowest BCUT2D eigenvalue weighted by Gasteiger charge is -2.19. The minimum Gasteiger partial charge on any atom is -0.159 e. The van der Waals surface area contributed by atoms with Crippen molar-refractivity contribution in [2.75, 3.05) is 0 Å². The van der Waals surface area contributed by atoms with Crippen LogP contribution >= 0.6 is 11.6 Å². The molecule has 0 saturated carbocycles. The number of halogens is 1. The van der Waals surface area contributed by atoms with E-state index in [9.17, 15) is 0 Å². The lowest BCUT2D eigenvalue weighted by atomic mass is 9.87. The first-order chi connectivity index (χ1) is 10.9.